The number of hydrogen-bond donors (Lipinski definition) is 3. The van der Waals surface area contributed by atoms with Gasteiger partial charge in [-0.25, -0.2) is 0 Å². The second-order valence-corrected chi connectivity index (χ2v) is 8.23. The van der Waals surface area contributed by atoms with E-state index in [0.29, 0.717) is 18.3 Å². The molecule has 1 amide bonds. The zero-order valence-electron chi connectivity index (χ0n) is 19.2. The molecule has 0 radical (unpaired) electrons. The van der Waals surface area contributed by atoms with Crippen LogP contribution in [0.15, 0.2) is 29.3 Å². The molecule has 0 spiro atoms. The number of nitrogens with zero attached hydrogens (tertiary/aromatic N) is 3. The van der Waals surface area contributed by atoms with Gasteiger partial charge in [-0.05, 0) is 63.3 Å². The van der Waals surface area contributed by atoms with Crippen LogP contribution < -0.4 is 20.7 Å². The standard InChI is InChI=1S/C23H34N6O2/c1-15(11-21-16(2)28-29(5)17(21)3)26-23(24-4)25-13-18-7-6-8-20(12-18)31-14-22(30)27-19-9-10-19/h6-8,12,15,19H,9-11,13-14H2,1-5H3,(H,27,30)(H2,24,25,26). The van der Waals surface area contributed by atoms with Gasteiger partial charge in [-0.1, -0.05) is 12.1 Å². The highest BCUT2D eigenvalue weighted by Crippen LogP contribution is 2.19. The topological polar surface area (TPSA) is 92.6 Å². The van der Waals surface area contributed by atoms with Gasteiger partial charge >= 0.3 is 0 Å². The van der Waals surface area contributed by atoms with Crippen molar-refractivity contribution in [3.05, 3.63) is 46.8 Å². The predicted molar refractivity (Wildman–Crippen MR) is 122 cm³/mol. The van der Waals surface area contributed by atoms with Crippen LogP contribution in [-0.2, 0) is 24.8 Å². The summed E-state index contributed by atoms with van der Waals surface area (Å²) in [6, 6.07) is 8.30. The number of aryl methyl sites for hydroxylation is 2. The largest absolute Gasteiger partial charge is 0.484 e. The van der Waals surface area contributed by atoms with Gasteiger partial charge in [-0.15, -0.1) is 0 Å². The van der Waals surface area contributed by atoms with E-state index in [1.165, 1.54) is 11.3 Å². The van der Waals surface area contributed by atoms with Crippen molar-refractivity contribution in [1.29, 1.82) is 0 Å². The Morgan fingerprint density at radius 3 is 2.77 bits per heavy atom. The van der Waals surface area contributed by atoms with Crippen LogP contribution in [-0.4, -0.2) is 47.4 Å². The Morgan fingerprint density at radius 1 is 1.35 bits per heavy atom. The minimum absolute atomic E-state index is 0.0430. The van der Waals surface area contributed by atoms with E-state index in [4.69, 9.17) is 4.74 Å². The minimum atomic E-state index is -0.0660. The molecule has 3 rings (SSSR count). The minimum Gasteiger partial charge on any atom is -0.484 e. The Morgan fingerprint density at radius 2 is 2.13 bits per heavy atom. The average Bonchev–Trinajstić information content (AvgIpc) is 3.53. The number of carbonyl (C=O) groups excluding carboxylic acids is 1. The molecule has 168 valence electrons. The first-order chi connectivity index (χ1) is 14.9. The first kappa shape index (κ1) is 22.7. The third-order valence-electron chi connectivity index (χ3n) is 5.45. The molecule has 1 fully saturated rings. The molecule has 0 saturated heterocycles. The van der Waals surface area contributed by atoms with Crippen LogP contribution in [0.2, 0.25) is 0 Å². The van der Waals surface area contributed by atoms with Gasteiger partial charge in [0.2, 0.25) is 0 Å². The smallest absolute Gasteiger partial charge is 0.258 e. The summed E-state index contributed by atoms with van der Waals surface area (Å²) in [7, 11) is 3.74. The summed E-state index contributed by atoms with van der Waals surface area (Å²) in [5.41, 5.74) is 4.58. The van der Waals surface area contributed by atoms with Crippen molar-refractivity contribution < 1.29 is 9.53 Å². The maximum atomic E-state index is 11.8. The number of amides is 1. The highest BCUT2D eigenvalue weighted by atomic mass is 16.5. The fourth-order valence-corrected chi connectivity index (χ4v) is 3.48. The molecule has 1 saturated carbocycles. The second-order valence-electron chi connectivity index (χ2n) is 8.23. The number of nitrogens with one attached hydrogen (secondary N) is 3. The summed E-state index contributed by atoms with van der Waals surface area (Å²) < 4.78 is 7.56. The zero-order chi connectivity index (χ0) is 22.4. The van der Waals surface area contributed by atoms with Crippen LogP contribution in [0.25, 0.3) is 0 Å². The van der Waals surface area contributed by atoms with Crippen LogP contribution in [0.3, 0.4) is 0 Å². The molecule has 8 heteroatoms. The lowest BCUT2D eigenvalue weighted by Gasteiger charge is -2.18. The van der Waals surface area contributed by atoms with Crippen LogP contribution in [0, 0.1) is 13.8 Å². The molecular weight excluding hydrogens is 392 g/mol. The normalized spacial score (nSPS) is 14.8. The summed E-state index contributed by atoms with van der Waals surface area (Å²) in [5, 5.41) is 14.2. The SMILES string of the molecule is CN=C(NCc1cccc(OCC(=O)NC2CC2)c1)NC(C)Cc1c(C)nn(C)c1C. The summed E-state index contributed by atoms with van der Waals surface area (Å²) in [5.74, 6) is 1.36. The number of guanidine groups is 1. The van der Waals surface area contributed by atoms with Crippen molar-refractivity contribution in [2.45, 2.75) is 58.7 Å². The molecule has 1 unspecified atom stereocenters. The van der Waals surface area contributed by atoms with Crippen molar-refractivity contribution >= 4 is 11.9 Å². The van der Waals surface area contributed by atoms with E-state index in [1.54, 1.807) is 7.05 Å². The molecule has 1 heterocycles. The van der Waals surface area contributed by atoms with Gasteiger partial charge in [0.15, 0.2) is 12.6 Å². The maximum Gasteiger partial charge on any atom is 0.258 e. The number of aromatic nitrogens is 2. The first-order valence-corrected chi connectivity index (χ1v) is 10.8. The quantitative estimate of drug-likeness (QED) is 0.421. The monoisotopic (exact) mass is 426 g/mol. The molecule has 0 aliphatic heterocycles. The van der Waals surface area contributed by atoms with Gasteiger partial charge in [-0.2, -0.15) is 5.10 Å². The Bertz CT molecular complexity index is 932. The molecule has 2 aromatic rings. The van der Waals surface area contributed by atoms with Crippen molar-refractivity contribution in [2.75, 3.05) is 13.7 Å². The Labute approximate surface area is 184 Å². The van der Waals surface area contributed by atoms with Crippen molar-refractivity contribution in [2.24, 2.45) is 12.0 Å². The number of rotatable bonds is 9. The maximum absolute atomic E-state index is 11.8. The van der Waals surface area contributed by atoms with Crippen molar-refractivity contribution in [3.8, 4) is 5.75 Å². The van der Waals surface area contributed by atoms with Gasteiger partial charge in [0.25, 0.3) is 5.91 Å². The van der Waals surface area contributed by atoms with Crippen molar-refractivity contribution in [3.63, 3.8) is 0 Å². The van der Waals surface area contributed by atoms with Crippen LogP contribution in [0.4, 0.5) is 0 Å². The molecule has 0 bridgehead atoms. The summed E-state index contributed by atoms with van der Waals surface area (Å²) in [6.07, 6.45) is 3.02. The molecule has 1 aliphatic rings. The molecule has 31 heavy (non-hydrogen) atoms. The van der Waals surface area contributed by atoms with Gasteiger partial charge in [0.05, 0.1) is 5.69 Å². The second kappa shape index (κ2) is 10.3. The highest BCUT2D eigenvalue weighted by molar-refractivity contribution is 5.80. The lowest BCUT2D eigenvalue weighted by atomic mass is 10.1. The predicted octanol–water partition coefficient (Wildman–Crippen LogP) is 1.99. The molecule has 1 aromatic carbocycles. The average molecular weight is 427 g/mol. The fraction of sp³-hybridized carbons (Fsp3) is 0.522. The van der Waals surface area contributed by atoms with E-state index < -0.39 is 0 Å². The number of hydrogen-bond acceptors (Lipinski definition) is 4. The lowest BCUT2D eigenvalue weighted by molar-refractivity contribution is -0.123. The van der Waals surface area contributed by atoms with Gasteiger partial charge < -0.3 is 20.7 Å². The van der Waals surface area contributed by atoms with Crippen LogP contribution in [0.1, 0.15) is 42.3 Å². The number of ether oxygens (including phenoxy) is 1. The first-order valence-electron chi connectivity index (χ1n) is 10.8. The fourth-order valence-electron chi connectivity index (χ4n) is 3.48. The zero-order valence-corrected chi connectivity index (χ0v) is 19.2. The third kappa shape index (κ3) is 6.73. The van der Waals surface area contributed by atoms with Crippen molar-refractivity contribution in [1.82, 2.24) is 25.7 Å². The summed E-state index contributed by atoms with van der Waals surface area (Å²) >= 11 is 0. The van der Waals surface area contributed by atoms with Crippen LogP contribution in [0.5, 0.6) is 5.75 Å². The van der Waals surface area contributed by atoms with Gasteiger partial charge in [-0.3, -0.25) is 14.5 Å². The van der Waals surface area contributed by atoms with E-state index in [2.05, 4.69) is 39.9 Å². The van der Waals surface area contributed by atoms with E-state index in [-0.39, 0.29) is 18.6 Å². The Balaban J connectivity index is 1.47. The van der Waals surface area contributed by atoms with E-state index in [0.717, 1.165) is 36.5 Å². The lowest BCUT2D eigenvalue weighted by Crippen LogP contribution is -2.42. The third-order valence-corrected chi connectivity index (χ3v) is 5.45. The van der Waals surface area contributed by atoms with E-state index >= 15 is 0 Å². The number of aliphatic imine (C=N–C) groups is 1. The van der Waals surface area contributed by atoms with E-state index in [9.17, 15) is 4.79 Å². The summed E-state index contributed by atoms with van der Waals surface area (Å²) in [6.45, 7) is 6.93. The van der Waals surface area contributed by atoms with E-state index in [1.807, 2.05) is 42.9 Å². The molecule has 1 aliphatic carbocycles. The molecule has 1 atom stereocenters. The van der Waals surface area contributed by atoms with Crippen LogP contribution >= 0.6 is 0 Å². The Hall–Kier alpha value is -3.03. The summed E-state index contributed by atoms with van der Waals surface area (Å²) in [4.78, 5) is 16.1. The van der Waals surface area contributed by atoms with Gasteiger partial charge in [0.1, 0.15) is 5.75 Å². The highest BCUT2D eigenvalue weighted by Gasteiger charge is 2.23. The molecule has 1 aromatic heterocycles. The van der Waals surface area contributed by atoms with Gasteiger partial charge in [0, 0.05) is 38.4 Å². The number of carbonyl (C=O) groups is 1. The molecular formula is C23H34N6O2. The molecule has 8 nitrogen and oxygen atoms in total. The Kier molecular flexibility index (Phi) is 7.55. The number of benzene rings is 1. The molecule has 3 N–H and O–H groups in total.